The number of ketones is 1. The summed E-state index contributed by atoms with van der Waals surface area (Å²) in [4.78, 5) is 15.3. The predicted molar refractivity (Wildman–Crippen MR) is 88.7 cm³/mol. The van der Waals surface area contributed by atoms with Crippen molar-refractivity contribution in [3.8, 4) is 0 Å². The van der Waals surface area contributed by atoms with Gasteiger partial charge in [0.1, 0.15) is 0 Å². The third-order valence-corrected chi connectivity index (χ3v) is 5.14. The number of carbonyl (C=O) groups excluding carboxylic acids is 1. The number of carbonyl (C=O) groups is 1. The number of nitrogens with zero attached hydrogens (tertiary/aromatic N) is 1. The monoisotopic (exact) mass is 287 g/mol. The highest BCUT2D eigenvalue weighted by molar-refractivity contribution is 5.89. The van der Waals surface area contributed by atoms with Crippen molar-refractivity contribution in [1.29, 1.82) is 0 Å². The summed E-state index contributed by atoms with van der Waals surface area (Å²) in [5, 5.41) is 0. The third-order valence-electron chi connectivity index (χ3n) is 5.14. The second-order valence-corrected chi connectivity index (χ2v) is 6.45. The zero-order valence-electron chi connectivity index (χ0n) is 13.8. The molecular formula is C19H29NO. The van der Waals surface area contributed by atoms with E-state index in [0.29, 0.717) is 12.2 Å². The maximum atomic E-state index is 12.9. The van der Waals surface area contributed by atoms with Crippen molar-refractivity contribution < 1.29 is 4.79 Å². The molecule has 1 atom stereocenters. The molecule has 0 bridgehead atoms. The first kappa shape index (κ1) is 16.2. The maximum Gasteiger partial charge on any atom is 0.157 e. The van der Waals surface area contributed by atoms with Crippen LogP contribution in [-0.2, 0) is 17.6 Å². The Bertz CT molecular complexity index is 459. The molecule has 0 amide bonds. The quantitative estimate of drug-likeness (QED) is 0.788. The lowest BCUT2D eigenvalue weighted by molar-refractivity contribution is -0.130. The molecule has 2 heteroatoms. The molecule has 1 aromatic carbocycles. The molecule has 0 radical (unpaired) electrons. The van der Waals surface area contributed by atoms with E-state index < -0.39 is 0 Å². The minimum absolute atomic E-state index is 0.288. The fourth-order valence-corrected chi connectivity index (χ4v) is 3.25. The lowest BCUT2D eigenvalue weighted by atomic mass is 9.85. The van der Waals surface area contributed by atoms with Gasteiger partial charge in [0.2, 0.25) is 0 Å². The van der Waals surface area contributed by atoms with Gasteiger partial charge in [0.25, 0.3) is 0 Å². The number of benzene rings is 1. The van der Waals surface area contributed by atoms with Crippen molar-refractivity contribution in [2.24, 2.45) is 0 Å². The van der Waals surface area contributed by atoms with Crippen molar-refractivity contribution in [2.45, 2.75) is 64.8 Å². The second-order valence-electron chi connectivity index (χ2n) is 6.45. The van der Waals surface area contributed by atoms with E-state index in [4.69, 9.17) is 0 Å². The van der Waals surface area contributed by atoms with Crippen LogP contribution in [0.4, 0.5) is 0 Å². The minimum atomic E-state index is -0.288. The highest BCUT2D eigenvalue weighted by atomic mass is 16.1. The number of hydrogen-bond donors (Lipinski definition) is 0. The fraction of sp³-hybridized carbons (Fsp3) is 0.632. The molecule has 0 saturated carbocycles. The number of aryl methyl sites for hydroxylation is 1. The number of hydrogen-bond acceptors (Lipinski definition) is 2. The van der Waals surface area contributed by atoms with E-state index in [1.54, 1.807) is 0 Å². The molecule has 1 saturated heterocycles. The van der Waals surface area contributed by atoms with Gasteiger partial charge in [-0.05, 0) is 56.8 Å². The number of rotatable bonds is 6. The molecule has 0 aromatic heterocycles. The zero-order valence-corrected chi connectivity index (χ0v) is 13.8. The summed E-state index contributed by atoms with van der Waals surface area (Å²) in [6, 6.07) is 8.52. The van der Waals surface area contributed by atoms with E-state index in [9.17, 15) is 4.79 Å². The molecule has 116 valence electrons. The van der Waals surface area contributed by atoms with Gasteiger partial charge in [0.05, 0.1) is 5.54 Å². The molecule has 1 unspecified atom stereocenters. The summed E-state index contributed by atoms with van der Waals surface area (Å²) >= 11 is 0. The van der Waals surface area contributed by atoms with Crippen LogP contribution in [-0.4, -0.2) is 29.3 Å². The number of likely N-dealkylation sites (tertiary alicyclic amines) is 1. The van der Waals surface area contributed by atoms with Gasteiger partial charge in [0.15, 0.2) is 5.78 Å². The van der Waals surface area contributed by atoms with Crippen LogP contribution in [0.3, 0.4) is 0 Å². The molecule has 0 spiro atoms. The van der Waals surface area contributed by atoms with E-state index in [1.165, 1.54) is 24.8 Å². The zero-order chi connectivity index (χ0) is 15.3. The van der Waals surface area contributed by atoms with E-state index in [1.807, 2.05) is 0 Å². The Kier molecular flexibility index (Phi) is 5.58. The fourth-order valence-electron chi connectivity index (χ4n) is 3.25. The molecule has 1 heterocycles. The Hall–Kier alpha value is -1.15. The van der Waals surface area contributed by atoms with Crippen molar-refractivity contribution in [3.05, 3.63) is 35.4 Å². The van der Waals surface area contributed by atoms with E-state index >= 15 is 0 Å². The van der Waals surface area contributed by atoms with E-state index in [0.717, 1.165) is 31.5 Å². The molecule has 2 rings (SSSR count). The van der Waals surface area contributed by atoms with Gasteiger partial charge in [-0.3, -0.25) is 9.69 Å². The van der Waals surface area contributed by atoms with Crippen LogP contribution in [0.25, 0.3) is 0 Å². The number of Topliss-reactive ketones (excluding diaryl/α,β-unsaturated/α-hetero) is 1. The lowest BCUT2D eigenvalue weighted by Gasteiger charge is -2.42. The van der Waals surface area contributed by atoms with Gasteiger partial charge in [-0.15, -0.1) is 0 Å². The first-order valence-electron chi connectivity index (χ1n) is 8.46. The van der Waals surface area contributed by atoms with Crippen LogP contribution in [0.15, 0.2) is 24.3 Å². The van der Waals surface area contributed by atoms with Crippen molar-refractivity contribution in [1.82, 2.24) is 4.90 Å². The van der Waals surface area contributed by atoms with Gasteiger partial charge in [-0.25, -0.2) is 0 Å². The predicted octanol–water partition coefficient (Wildman–Crippen LogP) is 4.02. The molecule has 21 heavy (non-hydrogen) atoms. The highest BCUT2D eigenvalue weighted by Crippen LogP contribution is 2.26. The Balaban J connectivity index is 2.07. The van der Waals surface area contributed by atoms with Gasteiger partial charge in [-0.1, -0.05) is 44.5 Å². The van der Waals surface area contributed by atoms with E-state index in [-0.39, 0.29) is 5.54 Å². The van der Waals surface area contributed by atoms with Gasteiger partial charge in [-0.2, -0.15) is 0 Å². The normalized spacial score (nSPS) is 19.2. The average molecular weight is 287 g/mol. The molecule has 1 aliphatic rings. The lowest BCUT2D eigenvalue weighted by Crippen LogP contribution is -2.54. The van der Waals surface area contributed by atoms with Gasteiger partial charge < -0.3 is 0 Å². The number of piperidine rings is 1. The van der Waals surface area contributed by atoms with Crippen LogP contribution in [0, 0.1) is 0 Å². The SMILES string of the molecule is CCc1ccc(CC(=O)C(C)(CC)N2CCCCC2)cc1. The Morgan fingerprint density at radius 2 is 1.62 bits per heavy atom. The molecular weight excluding hydrogens is 258 g/mol. The van der Waals surface area contributed by atoms with Crippen LogP contribution < -0.4 is 0 Å². The summed E-state index contributed by atoms with van der Waals surface area (Å²) in [7, 11) is 0. The molecule has 1 aromatic rings. The first-order chi connectivity index (χ1) is 10.1. The maximum absolute atomic E-state index is 12.9. The van der Waals surface area contributed by atoms with Gasteiger partial charge in [0, 0.05) is 6.42 Å². The van der Waals surface area contributed by atoms with Crippen LogP contribution in [0.5, 0.6) is 0 Å². The summed E-state index contributed by atoms with van der Waals surface area (Å²) in [5.74, 6) is 0.371. The molecule has 1 aliphatic heterocycles. The van der Waals surface area contributed by atoms with Crippen molar-refractivity contribution >= 4 is 5.78 Å². The standard InChI is InChI=1S/C19H29NO/c1-4-16-9-11-17(12-10-16)15-18(21)19(3,5-2)20-13-7-6-8-14-20/h9-12H,4-8,13-15H2,1-3H3. The molecule has 0 N–H and O–H groups in total. The van der Waals surface area contributed by atoms with Crippen molar-refractivity contribution in [3.63, 3.8) is 0 Å². The minimum Gasteiger partial charge on any atom is -0.297 e. The molecule has 0 aliphatic carbocycles. The second kappa shape index (κ2) is 7.22. The van der Waals surface area contributed by atoms with Crippen LogP contribution in [0.1, 0.15) is 57.6 Å². The van der Waals surface area contributed by atoms with Crippen molar-refractivity contribution in [2.75, 3.05) is 13.1 Å². The average Bonchev–Trinajstić information content (AvgIpc) is 2.55. The summed E-state index contributed by atoms with van der Waals surface area (Å²) in [6.45, 7) is 8.59. The first-order valence-corrected chi connectivity index (χ1v) is 8.46. The molecule has 2 nitrogen and oxygen atoms in total. The summed E-state index contributed by atoms with van der Waals surface area (Å²) in [5.41, 5.74) is 2.19. The van der Waals surface area contributed by atoms with Crippen LogP contribution >= 0.6 is 0 Å². The smallest absolute Gasteiger partial charge is 0.157 e. The topological polar surface area (TPSA) is 20.3 Å². The summed E-state index contributed by atoms with van der Waals surface area (Å²) in [6.07, 6.45) is 6.28. The van der Waals surface area contributed by atoms with E-state index in [2.05, 4.69) is 49.9 Å². The third kappa shape index (κ3) is 3.74. The molecule has 1 fully saturated rings. The summed E-state index contributed by atoms with van der Waals surface area (Å²) < 4.78 is 0. The van der Waals surface area contributed by atoms with Gasteiger partial charge >= 0.3 is 0 Å². The Labute approximate surface area is 129 Å². The highest BCUT2D eigenvalue weighted by Gasteiger charge is 2.37. The Morgan fingerprint density at radius 3 is 2.14 bits per heavy atom. The van der Waals surface area contributed by atoms with Crippen LogP contribution in [0.2, 0.25) is 0 Å². The Morgan fingerprint density at radius 1 is 1.05 bits per heavy atom. The largest absolute Gasteiger partial charge is 0.297 e.